The van der Waals surface area contributed by atoms with Gasteiger partial charge in [-0.2, -0.15) is 0 Å². The highest BCUT2D eigenvalue weighted by atomic mass is 35.5. The molecule has 2 atom stereocenters. The summed E-state index contributed by atoms with van der Waals surface area (Å²) in [6, 6.07) is 1.47. The van der Waals surface area contributed by atoms with Gasteiger partial charge in [0.05, 0.1) is 24.7 Å². The number of rotatable bonds is 4. The second-order valence-corrected chi connectivity index (χ2v) is 3.67. The Kier molecular flexibility index (Phi) is 4.67. The molecule has 0 aliphatic heterocycles. The van der Waals surface area contributed by atoms with Crippen molar-refractivity contribution in [3.05, 3.63) is 29.0 Å². The van der Waals surface area contributed by atoms with Crippen molar-refractivity contribution in [3.63, 3.8) is 0 Å². The van der Waals surface area contributed by atoms with Crippen molar-refractivity contribution in [2.24, 2.45) is 0 Å². The molecular formula is C10H12ClNO4. The molecule has 0 aliphatic carbocycles. The third-order valence-corrected chi connectivity index (χ3v) is 2.24. The van der Waals surface area contributed by atoms with E-state index in [9.17, 15) is 15.0 Å². The number of methoxy groups -OCH3 is 1. The van der Waals surface area contributed by atoms with Crippen LogP contribution >= 0.6 is 11.6 Å². The Morgan fingerprint density at radius 1 is 1.56 bits per heavy atom. The molecule has 0 saturated heterocycles. The van der Waals surface area contributed by atoms with Crippen molar-refractivity contribution < 1.29 is 19.7 Å². The Morgan fingerprint density at radius 3 is 2.81 bits per heavy atom. The lowest BCUT2D eigenvalue weighted by molar-refractivity contribution is -0.144. The van der Waals surface area contributed by atoms with E-state index in [1.807, 2.05) is 0 Å². The van der Waals surface area contributed by atoms with Gasteiger partial charge in [0.25, 0.3) is 0 Å². The molecular weight excluding hydrogens is 234 g/mol. The maximum absolute atomic E-state index is 10.9. The molecule has 0 bridgehead atoms. The smallest absolute Gasteiger partial charge is 0.308 e. The summed E-state index contributed by atoms with van der Waals surface area (Å²) in [5.41, 5.74) is 0.351. The van der Waals surface area contributed by atoms with Crippen LogP contribution in [-0.4, -0.2) is 34.4 Å². The number of esters is 1. The first-order valence-corrected chi connectivity index (χ1v) is 4.95. The standard InChI is InChI=1S/C10H12ClNO4/c1-16-9(14)3-8(13)10(15)6-2-7(11)5-12-4-6/h2,4-5,8,10,13,15H,3H2,1H3. The lowest BCUT2D eigenvalue weighted by Crippen LogP contribution is -2.22. The second kappa shape index (κ2) is 5.79. The zero-order valence-electron chi connectivity index (χ0n) is 8.63. The average molecular weight is 246 g/mol. The van der Waals surface area contributed by atoms with Crippen LogP contribution in [0.5, 0.6) is 0 Å². The number of aromatic nitrogens is 1. The van der Waals surface area contributed by atoms with Gasteiger partial charge in [-0.15, -0.1) is 0 Å². The van der Waals surface area contributed by atoms with E-state index in [2.05, 4.69) is 9.72 Å². The Hall–Kier alpha value is -1.17. The average Bonchev–Trinajstić information content (AvgIpc) is 2.27. The van der Waals surface area contributed by atoms with E-state index in [1.54, 1.807) is 0 Å². The number of aliphatic hydroxyl groups is 2. The van der Waals surface area contributed by atoms with E-state index >= 15 is 0 Å². The van der Waals surface area contributed by atoms with E-state index in [0.29, 0.717) is 10.6 Å². The highest BCUT2D eigenvalue weighted by Crippen LogP contribution is 2.20. The molecule has 5 nitrogen and oxygen atoms in total. The van der Waals surface area contributed by atoms with E-state index in [0.717, 1.165) is 0 Å². The number of hydrogen-bond donors (Lipinski definition) is 2. The van der Waals surface area contributed by atoms with Crippen LogP contribution in [0.1, 0.15) is 18.1 Å². The van der Waals surface area contributed by atoms with Crippen molar-refractivity contribution in [3.8, 4) is 0 Å². The van der Waals surface area contributed by atoms with Gasteiger partial charge in [0, 0.05) is 18.0 Å². The van der Waals surface area contributed by atoms with Gasteiger partial charge in [-0.1, -0.05) is 11.6 Å². The van der Waals surface area contributed by atoms with Gasteiger partial charge in [0.2, 0.25) is 0 Å². The number of ether oxygens (including phenoxy) is 1. The van der Waals surface area contributed by atoms with Crippen molar-refractivity contribution >= 4 is 17.6 Å². The van der Waals surface area contributed by atoms with Crippen LogP contribution in [0.3, 0.4) is 0 Å². The maximum Gasteiger partial charge on any atom is 0.308 e. The van der Waals surface area contributed by atoms with Crippen LogP contribution in [-0.2, 0) is 9.53 Å². The largest absolute Gasteiger partial charge is 0.469 e. The van der Waals surface area contributed by atoms with E-state index < -0.39 is 18.2 Å². The fraction of sp³-hybridized carbons (Fsp3) is 0.400. The SMILES string of the molecule is COC(=O)CC(O)C(O)c1cncc(Cl)c1. The second-order valence-electron chi connectivity index (χ2n) is 3.23. The third-order valence-electron chi connectivity index (χ3n) is 2.04. The first-order chi connectivity index (χ1) is 7.54. The number of aliphatic hydroxyl groups excluding tert-OH is 2. The third kappa shape index (κ3) is 3.44. The summed E-state index contributed by atoms with van der Waals surface area (Å²) in [7, 11) is 1.21. The van der Waals surface area contributed by atoms with Gasteiger partial charge in [0.15, 0.2) is 0 Å². The summed E-state index contributed by atoms with van der Waals surface area (Å²) >= 11 is 5.68. The number of carbonyl (C=O) groups is 1. The molecule has 0 aromatic carbocycles. The molecule has 1 aromatic heterocycles. The minimum atomic E-state index is -1.24. The molecule has 2 unspecified atom stereocenters. The molecule has 0 spiro atoms. The molecule has 0 amide bonds. The fourth-order valence-corrected chi connectivity index (χ4v) is 1.36. The van der Waals surface area contributed by atoms with Crippen LogP contribution in [0.15, 0.2) is 18.5 Å². The molecule has 6 heteroatoms. The van der Waals surface area contributed by atoms with Gasteiger partial charge in [0.1, 0.15) is 6.10 Å². The minimum absolute atomic E-state index is 0.288. The highest BCUT2D eigenvalue weighted by Gasteiger charge is 2.22. The number of nitrogens with zero attached hydrogens (tertiary/aromatic N) is 1. The van der Waals surface area contributed by atoms with Gasteiger partial charge >= 0.3 is 5.97 Å². The monoisotopic (exact) mass is 245 g/mol. The minimum Gasteiger partial charge on any atom is -0.469 e. The molecule has 0 radical (unpaired) electrons. The molecule has 16 heavy (non-hydrogen) atoms. The zero-order valence-corrected chi connectivity index (χ0v) is 9.39. The number of carbonyl (C=O) groups excluding carboxylic acids is 1. The molecule has 0 saturated carbocycles. The predicted molar refractivity (Wildman–Crippen MR) is 56.8 cm³/mol. The topological polar surface area (TPSA) is 79.7 Å². The maximum atomic E-state index is 10.9. The first-order valence-electron chi connectivity index (χ1n) is 4.58. The quantitative estimate of drug-likeness (QED) is 0.763. The molecule has 0 fully saturated rings. The number of hydrogen-bond acceptors (Lipinski definition) is 5. The van der Waals surface area contributed by atoms with Crippen molar-refractivity contribution in [1.29, 1.82) is 0 Å². The Bertz CT molecular complexity index is 372. The summed E-state index contributed by atoms with van der Waals surface area (Å²) in [6.45, 7) is 0. The predicted octanol–water partition coefficient (Wildman–Crippen LogP) is 0.692. The fourth-order valence-electron chi connectivity index (χ4n) is 1.18. The van der Waals surface area contributed by atoms with Crippen LogP contribution in [0.4, 0.5) is 0 Å². The van der Waals surface area contributed by atoms with Gasteiger partial charge in [-0.05, 0) is 6.07 Å². The van der Waals surface area contributed by atoms with Crippen LogP contribution in [0, 0.1) is 0 Å². The van der Waals surface area contributed by atoms with Crippen molar-refractivity contribution in [2.75, 3.05) is 7.11 Å². The molecule has 2 N–H and O–H groups in total. The molecule has 1 heterocycles. The lowest BCUT2D eigenvalue weighted by Gasteiger charge is -2.16. The molecule has 1 rings (SSSR count). The van der Waals surface area contributed by atoms with Crippen LogP contribution in [0.25, 0.3) is 0 Å². The Labute approximate surface area is 97.6 Å². The highest BCUT2D eigenvalue weighted by molar-refractivity contribution is 6.30. The van der Waals surface area contributed by atoms with Gasteiger partial charge < -0.3 is 14.9 Å². The molecule has 1 aromatic rings. The summed E-state index contributed by atoms with van der Waals surface area (Å²) in [4.78, 5) is 14.7. The Balaban J connectivity index is 2.70. The van der Waals surface area contributed by atoms with E-state index in [4.69, 9.17) is 11.6 Å². The van der Waals surface area contributed by atoms with E-state index in [1.165, 1.54) is 25.6 Å². The Morgan fingerprint density at radius 2 is 2.25 bits per heavy atom. The number of halogens is 1. The van der Waals surface area contributed by atoms with Crippen molar-refractivity contribution in [1.82, 2.24) is 4.98 Å². The summed E-state index contributed by atoms with van der Waals surface area (Å²) in [6.07, 6.45) is 0.0316. The zero-order chi connectivity index (χ0) is 12.1. The molecule has 88 valence electrons. The summed E-state index contributed by atoms with van der Waals surface area (Å²) in [5, 5.41) is 19.6. The summed E-state index contributed by atoms with van der Waals surface area (Å²) < 4.78 is 4.38. The number of pyridine rings is 1. The van der Waals surface area contributed by atoms with Gasteiger partial charge in [-0.25, -0.2) is 0 Å². The first kappa shape index (κ1) is 12.9. The summed E-state index contributed by atoms with van der Waals surface area (Å²) in [5.74, 6) is -0.596. The van der Waals surface area contributed by atoms with E-state index in [-0.39, 0.29) is 6.42 Å². The normalized spacial score (nSPS) is 14.2. The van der Waals surface area contributed by atoms with Crippen molar-refractivity contribution in [2.45, 2.75) is 18.6 Å². The van der Waals surface area contributed by atoms with Crippen LogP contribution < -0.4 is 0 Å². The van der Waals surface area contributed by atoms with Crippen LogP contribution in [0.2, 0.25) is 5.02 Å². The lowest BCUT2D eigenvalue weighted by atomic mass is 10.0. The molecule has 0 aliphatic rings. The van der Waals surface area contributed by atoms with Gasteiger partial charge in [-0.3, -0.25) is 9.78 Å².